The summed E-state index contributed by atoms with van der Waals surface area (Å²) >= 11 is 6.22. The van der Waals surface area contributed by atoms with Crippen molar-refractivity contribution < 1.29 is 14.4 Å². The van der Waals surface area contributed by atoms with Crippen molar-refractivity contribution in [1.82, 2.24) is 4.90 Å². The van der Waals surface area contributed by atoms with Crippen molar-refractivity contribution in [2.45, 2.75) is 44.2 Å². The highest BCUT2D eigenvalue weighted by Crippen LogP contribution is 2.37. The summed E-state index contributed by atoms with van der Waals surface area (Å²) in [6.07, 6.45) is 4.23. The number of oxime groups is 1. The highest BCUT2D eigenvalue weighted by molar-refractivity contribution is 6.36. The fraction of sp³-hybridized carbons (Fsp3) is 0.471. The van der Waals surface area contributed by atoms with E-state index in [9.17, 15) is 9.59 Å². The van der Waals surface area contributed by atoms with E-state index in [1.165, 1.54) is 11.3 Å². The minimum Gasteiger partial charge on any atom is -0.381 e. The molecule has 2 heterocycles. The van der Waals surface area contributed by atoms with Gasteiger partial charge in [-0.2, -0.15) is 0 Å². The number of halogens is 1. The molecule has 120 valence electrons. The predicted molar refractivity (Wildman–Crippen MR) is 85.1 cm³/mol. The molecule has 0 spiro atoms. The normalized spacial score (nSPS) is 27.9. The molecular weight excluding hydrogens is 316 g/mol. The van der Waals surface area contributed by atoms with Crippen molar-refractivity contribution in [3.05, 3.63) is 34.9 Å². The van der Waals surface area contributed by atoms with Gasteiger partial charge in [-0.3, -0.25) is 14.5 Å². The zero-order valence-electron chi connectivity index (χ0n) is 12.6. The molecule has 0 bridgehead atoms. The third-order valence-electron chi connectivity index (χ3n) is 4.94. The molecule has 0 aromatic heterocycles. The number of amides is 2. The van der Waals surface area contributed by atoms with E-state index in [1.807, 2.05) is 12.1 Å². The zero-order valence-corrected chi connectivity index (χ0v) is 13.3. The summed E-state index contributed by atoms with van der Waals surface area (Å²) in [6, 6.07) is 7.19. The topological polar surface area (TPSA) is 59.0 Å². The predicted octanol–water partition coefficient (Wildman–Crippen LogP) is 2.76. The van der Waals surface area contributed by atoms with Crippen molar-refractivity contribution >= 4 is 29.1 Å². The van der Waals surface area contributed by atoms with E-state index in [0.29, 0.717) is 16.3 Å². The maximum atomic E-state index is 12.9. The SMILES string of the molecule is O=C1[C@@H]2C(c3ccccc3Cl)=NO[C@H]2C(=O)N1C1CCCCC1. The summed E-state index contributed by atoms with van der Waals surface area (Å²) in [7, 11) is 0. The van der Waals surface area contributed by atoms with Gasteiger partial charge in [0.25, 0.3) is 5.91 Å². The van der Waals surface area contributed by atoms with Gasteiger partial charge in [0.2, 0.25) is 12.0 Å². The van der Waals surface area contributed by atoms with Crippen LogP contribution >= 0.6 is 11.6 Å². The first-order valence-corrected chi connectivity index (χ1v) is 8.42. The van der Waals surface area contributed by atoms with E-state index in [4.69, 9.17) is 16.4 Å². The number of fused-ring (bicyclic) bond motifs is 1. The number of carbonyl (C=O) groups excluding carboxylic acids is 2. The summed E-state index contributed by atoms with van der Waals surface area (Å²) < 4.78 is 0. The molecule has 5 nitrogen and oxygen atoms in total. The van der Waals surface area contributed by atoms with Gasteiger partial charge in [0.05, 0.1) is 0 Å². The Morgan fingerprint density at radius 3 is 2.57 bits per heavy atom. The van der Waals surface area contributed by atoms with Crippen LogP contribution in [0.15, 0.2) is 29.4 Å². The van der Waals surface area contributed by atoms with Crippen molar-refractivity contribution in [3.8, 4) is 0 Å². The molecule has 2 fully saturated rings. The fourth-order valence-electron chi connectivity index (χ4n) is 3.79. The zero-order chi connectivity index (χ0) is 16.0. The maximum absolute atomic E-state index is 12.9. The molecule has 2 amide bonds. The molecule has 3 aliphatic rings. The van der Waals surface area contributed by atoms with Crippen LogP contribution in [0.1, 0.15) is 37.7 Å². The lowest BCUT2D eigenvalue weighted by molar-refractivity contribution is -0.145. The van der Waals surface area contributed by atoms with E-state index >= 15 is 0 Å². The smallest absolute Gasteiger partial charge is 0.274 e. The van der Waals surface area contributed by atoms with Gasteiger partial charge in [-0.1, -0.05) is 54.2 Å². The lowest BCUT2D eigenvalue weighted by Crippen LogP contribution is -2.43. The van der Waals surface area contributed by atoms with E-state index in [2.05, 4.69) is 5.16 Å². The number of carbonyl (C=O) groups is 2. The molecule has 6 heteroatoms. The molecule has 1 aromatic rings. The van der Waals surface area contributed by atoms with Crippen LogP contribution in [0, 0.1) is 5.92 Å². The molecule has 1 aliphatic carbocycles. The number of hydrogen-bond donors (Lipinski definition) is 0. The fourth-order valence-corrected chi connectivity index (χ4v) is 4.02. The van der Waals surface area contributed by atoms with Crippen LogP contribution in [-0.4, -0.2) is 34.6 Å². The third kappa shape index (κ3) is 2.26. The first kappa shape index (κ1) is 14.7. The van der Waals surface area contributed by atoms with Crippen molar-refractivity contribution in [2.75, 3.05) is 0 Å². The number of likely N-dealkylation sites (tertiary alicyclic amines) is 1. The monoisotopic (exact) mass is 332 g/mol. The lowest BCUT2D eigenvalue weighted by atomic mass is 9.93. The molecule has 4 rings (SSSR count). The second kappa shape index (κ2) is 5.64. The summed E-state index contributed by atoms with van der Waals surface area (Å²) in [6.45, 7) is 0. The maximum Gasteiger partial charge on any atom is 0.274 e. The summed E-state index contributed by atoms with van der Waals surface area (Å²) in [5, 5.41) is 4.50. The van der Waals surface area contributed by atoms with Crippen LogP contribution in [0.2, 0.25) is 5.02 Å². The Morgan fingerprint density at radius 1 is 1.09 bits per heavy atom. The molecule has 1 aromatic carbocycles. The number of nitrogens with zero attached hydrogens (tertiary/aromatic N) is 2. The van der Waals surface area contributed by atoms with Gasteiger partial charge >= 0.3 is 0 Å². The standard InChI is InChI=1S/C17H17ClN2O3/c18-12-9-5-4-8-11(12)14-13-15(23-19-14)17(22)20(16(13)21)10-6-2-1-3-7-10/h4-5,8-10,13,15H,1-3,6-7H2/t13-,15-/m1/s1. The van der Waals surface area contributed by atoms with Crippen LogP contribution in [0.25, 0.3) is 0 Å². The Bertz CT molecular complexity index is 697. The summed E-state index contributed by atoms with van der Waals surface area (Å²) in [4.78, 5) is 32.3. The average molecular weight is 333 g/mol. The van der Waals surface area contributed by atoms with Gasteiger partial charge < -0.3 is 4.84 Å². The third-order valence-corrected chi connectivity index (χ3v) is 5.27. The Labute approximate surface area is 139 Å². The van der Waals surface area contributed by atoms with Crippen LogP contribution in [0.5, 0.6) is 0 Å². The molecule has 0 radical (unpaired) electrons. The van der Waals surface area contributed by atoms with Crippen molar-refractivity contribution in [3.63, 3.8) is 0 Å². The largest absolute Gasteiger partial charge is 0.381 e. The second-order valence-corrected chi connectivity index (χ2v) is 6.71. The van der Waals surface area contributed by atoms with Crippen molar-refractivity contribution in [1.29, 1.82) is 0 Å². The summed E-state index contributed by atoms with van der Waals surface area (Å²) in [5.41, 5.74) is 1.13. The molecule has 2 aliphatic heterocycles. The first-order valence-electron chi connectivity index (χ1n) is 8.04. The van der Waals surface area contributed by atoms with E-state index in [1.54, 1.807) is 12.1 Å². The molecule has 0 N–H and O–H groups in total. The quantitative estimate of drug-likeness (QED) is 0.782. The first-order chi connectivity index (χ1) is 11.2. The van der Waals surface area contributed by atoms with Gasteiger partial charge in [0.1, 0.15) is 11.6 Å². The number of rotatable bonds is 2. The van der Waals surface area contributed by atoms with Gasteiger partial charge in [0.15, 0.2) is 0 Å². The Kier molecular flexibility index (Phi) is 3.60. The molecule has 1 saturated heterocycles. The van der Waals surface area contributed by atoms with E-state index in [-0.39, 0.29) is 17.9 Å². The minimum absolute atomic E-state index is 0.00504. The molecule has 0 unspecified atom stereocenters. The van der Waals surface area contributed by atoms with Gasteiger partial charge in [-0.05, 0) is 18.9 Å². The number of hydrogen-bond acceptors (Lipinski definition) is 4. The number of imide groups is 1. The van der Waals surface area contributed by atoms with Crippen LogP contribution < -0.4 is 0 Å². The van der Waals surface area contributed by atoms with Crippen molar-refractivity contribution in [2.24, 2.45) is 11.1 Å². The molecule has 2 atom stereocenters. The Morgan fingerprint density at radius 2 is 1.83 bits per heavy atom. The van der Waals surface area contributed by atoms with E-state index < -0.39 is 12.0 Å². The van der Waals surface area contributed by atoms with Crippen LogP contribution in [0.4, 0.5) is 0 Å². The summed E-state index contributed by atoms with van der Waals surface area (Å²) in [5.74, 6) is -1.11. The van der Waals surface area contributed by atoms with Crippen LogP contribution in [0.3, 0.4) is 0 Å². The number of benzene rings is 1. The average Bonchev–Trinajstić information content (AvgIpc) is 3.10. The highest BCUT2D eigenvalue weighted by Gasteiger charge is 2.57. The highest BCUT2D eigenvalue weighted by atomic mass is 35.5. The molecular formula is C17H17ClN2O3. The second-order valence-electron chi connectivity index (χ2n) is 6.30. The van der Waals surface area contributed by atoms with Gasteiger partial charge in [-0.15, -0.1) is 0 Å². The van der Waals surface area contributed by atoms with E-state index in [0.717, 1.165) is 25.7 Å². The van der Waals surface area contributed by atoms with Gasteiger partial charge in [-0.25, -0.2) is 0 Å². The minimum atomic E-state index is -0.823. The Hall–Kier alpha value is -1.88. The van der Waals surface area contributed by atoms with Gasteiger partial charge in [0, 0.05) is 16.6 Å². The molecule has 23 heavy (non-hydrogen) atoms. The lowest BCUT2D eigenvalue weighted by Gasteiger charge is -2.29. The molecule has 1 saturated carbocycles. The van der Waals surface area contributed by atoms with Crippen LogP contribution in [-0.2, 0) is 14.4 Å². The Balaban J connectivity index is 1.65.